The van der Waals surface area contributed by atoms with Crippen molar-refractivity contribution in [2.24, 2.45) is 0 Å². The highest BCUT2D eigenvalue weighted by atomic mass is 15.2. The first-order chi connectivity index (χ1) is 11.7. The average molecular weight is 320 g/mol. The summed E-state index contributed by atoms with van der Waals surface area (Å²) in [4.78, 5) is 9.71. The van der Waals surface area contributed by atoms with E-state index in [4.69, 9.17) is 4.98 Å². The Hall–Kier alpha value is -2.17. The maximum Gasteiger partial charge on any atom is 0.111 e. The lowest BCUT2D eigenvalue weighted by atomic mass is 10.1. The first-order valence-electron chi connectivity index (χ1n) is 8.65. The van der Waals surface area contributed by atoms with Gasteiger partial charge in [0.05, 0.1) is 11.0 Å². The third kappa shape index (κ3) is 2.95. The van der Waals surface area contributed by atoms with Gasteiger partial charge < -0.3 is 4.90 Å². The third-order valence-electron chi connectivity index (χ3n) is 4.90. The van der Waals surface area contributed by atoms with Crippen molar-refractivity contribution in [2.75, 3.05) is 33.2 Å². The predicted octanol–water partition coefficient (Wildman–Crippen LogP) is 3.08. The zero-order chi connectivity index (χ0) is 16.5. The van der Waals surface area contributed by atoms with Crippen LogP contribution in [0.15, 0.2) is 48.5 Å². The van der Waals surface area contributed by atoms with Crippen LogP contribution in [-0.2, 0) is 6.54 Å². The van der Waals surface area contributed by atoms with Crippen LogP contribution in [0.4, 0.5) is 0 Å². The van der Waals surface area contributed by atoms with E-state index in [1.165, 1.54) is 16.8 Å². The topological polar surface area (TPSA) is 24.3 Å². The lowest BCUT2D eigenvalue weighted by Gasteiger charge is -2.32. The lowest BCUT2D eigenvalue weighted by molar-refractivity contribution is 0.148. The summed E-state index contributed by atoms with van der Waals surface area (Å²) in [7, 11) is 2.20. The number of aryl methyl sites for hydroxylation is 1. The van der Waals surface area contributed by atoms with E-state index in [1.54, 1.807) is 0 Å². The maximum absolute atomic E-state index is 4.79. The Balaban J connectivity index is 1.63. The van der Waals surface area contributed by atoms with Crippen LogP contribution < -0.4 is 0 Å². The molecule has 1 aliphatic rings. The van der Waals surface area contributed by atoms with E-state index in [2.05, 4.69) is 70.8 Å². The summed E-state index contributed by atoms with van der Waals surface area (Å²) in [6, 6.07) is 17.2. The summed E-state index contributed by atoms with van der Waals surface area (Å²) in [5.41, 5.74) is 4.79. The highest BCUT2D eigenvalue weighted by Gasteiger charge is 2.15. The molecule has 0 bridgehead atoms. The van der Waals surface area contributed by atoms with E-state index in [-0.39, 0.29) is 0 Å². The van der Waals surface area contributed by atoms with Crippen LogP contribution in [0.2, 0.25) is 0 Å². The molecule has 4 nitrogen and oxygen atoms in total. The minimum atomic E-state index is 1.01. The molecular formula is C20H24N4. The first-order valence-corrected chi connectivity index (χ1v) is 8.65. The molecule has 3 aromatic rings. The number of benzene rings is 2. The predicted molar refractivity (Wildman–Crippen MR) is 98.6 cm³/mol. The lowest BCUT2D eigenvalue weighted by Crippen LogP contribution is -2.43. The molecule has 0 amide bonds. The Bertz CT molecular complexity index is 829. The zero-order valence-electron chi connectivity index (χ0n) is 14.4. The fourth-order valence-electron chi connectivity index (χ4n) is 3.51. The van der Waals surface area contributed by atoms with Crippen molar-refractivity contribution in [3.63, 3.8) is 0 Å². The standard InChI is InChI=1S/C20H24N4/c1-16-21-19-14-17(15-23-12-10-22(2)11-13-23)8-9-20(19)24(16)18-6-4-3-5-7-18/h3-9,14H,10-13,15H2,1-2H3. The SMILES string of the molecule is Cc1nc2cc(CN3CCN(C)CC3)ccc2n1-c1ccccc1. The number of piperazine rings is 1. The Kier molecular flexibility index (Phi) is 4.08. The van der Waals surface area contributed by atoms with Gasteiger partial charge in [-0.1, -0.05) is 24.3 Å². The number of fused-ring (bicyclic) bond motifs is 1. The van der Waals surface area contributed by atoms with E-state index >= 15 is 0 Å². The Labute approximate surface area is 143 Å². The van der Waals surface area contributed by atoms with Crippen LogP contribution in [0.25, 0.3) is 16.7 Å². The average Bonchev–Trinajstić information content (AvgIpc) is 2.93. The Morgan fingerprint density at radius 2 is 1.71 bits per heavy atom. The summed E-state index contributed by atoms with van der Waals surface area (Å²) in [5.74, 6) is 1.04. The van der Waals surface area contributed by atoms with Crippen molar-refractivity contribution in [3.05, 3.63) is 59.9 Å². The highest BCUT2D eigenvalue weighted by molar-refractivity contribution is 5.79. The monoisotopic (exact) mass is 320 g/mol. The molecule has 0 radical (unpaired) electrons. The van der Waals surface area contributed by atoms with Crippen molar-refractivity contribution in [2.45, 2.75) is 13.5 Å². The smallest absolute Gasteiger partial charge is 0.111 e. The number of hydrogen-bond acceptors (Lipinski definition) is 3. The van der Waals surface area contributed by atoms with Gasteiger partial charge in [-0.25, -0.2) is 4.98 Å². The molecule has 0 atom stereocenters. The van der Waals surface area contributed by atoms with Gasteiger partial charge >= 0.3 is 0 Å². The summed E-state index contributed by atoms with van der Waals surface area (Å²) in [6.45, 7) is 7.69. The van der Waals surface area contributed by atoms with E-state index in [0.717, 1.165) is 44.1 Å². The molecule has 4 heteroatoms. The molecule has 4 rings (SSSR count). The minimum Gasteiger partial charge on any atom is -0.304 e. The molecule has 0 saturated carbocycles. The van der Waals surface area contributed by atoms with Crippen LogP contribution >= 0.6 is 0 Å². The van der Waals surface area contributed by atoms with Gasteiger partial charge in [0.1, 0.15) is 5.82 Å². The Morgan fingerprint density at radius 1 is 0.958 bits per heavy atom. The number of likely N-dealkylation sites (N-methyl/N-ethyl adjacent to an activating group) is 1. The van der Waals surface area contributed by atoms with Gasteiger partial charge in [0.25, 0.3) is 0 Å². The van der Waals surface area contributed by atoms with Crippen LogP contribution in [0, 0.1) is 6.92 Å². The fraction of sp³-hybridized carbons (Fsp3) is 0.350. The van der Waals surface area contributed by atoms with Gasteiger partial charge in [-0.3, -0.25) is 9.47 Å². The maximum atomic E-state index is 4.79. The van der Waals surface area contributed by atoms with Crippen molar-refractivity contribution < 1.29 is 0 Å². The van der Waals surface area contributed by atoms with Crippen molar-refractivity contribution in [1.29, 1.82) is 0 Å². The normalized spacial score (nSPS) is 16.8. The van der Waals surface area contributed by atoms with E-state index < -0.39 is 0 Å². The molecule has 0 N–H and O–H groups in total. The zero-order valence-corrected chi connectivity index (χ0v) is 14.4. The summed E-state index contributed by atoms with van der Waals surface area (Å²) < 4.78 is 2.23. The number of aromatic nitrogens is 2. The second-order valence-electron chi connectivity index (χ2n) is 6.73. The molecular weight excluding hydrogens is 296 g/mol. The van der Waals surface area contributed by atoms with Gasteiger partial charge in [0.15, 0.2) is 0 Å². The van der Waals surface area contributed by atoms with Crippen molar-refractivity contribution in [3.8, 4) is 5.69 Å². The molecule has 1 fully saturated rings. The van der Waals surface area contributed by atoms with Gasteiger partial charge in [-0.05, 0) is 43.8 Å². The molecule has 24 heavy (non-hydrogen) atoms. The van der Waals surface area contributed by atoms with Gasteiger partial charge in [0, 0.05) is 38.4 Å². The van der Waals surface area contributed by atoms with Gasteiger partial charge in [0.2, 0.25) is 0 Å². The highest BCUT2D eigenvalue weighted by Crippen LogP contribution is 2.23. The summed E-state index contributed by atoms with van der Waals surface area (Å²) in [6.07, 6.45) is 0. The number of nitrogens with zero attached hydrogens (tertiary/aromatic N) is 4. The second kappa shape index (κ2) is 6.38. The van der Waals surface area contributed by atoms with Crippen LogP contribution in [0.5, 0.6) is 0 Å². The minimum absolute atomic E-state index is 1.01. The molecule has 1 saturated heterocycles. The fourth-order valence-corrected chi connectivity index (χ4v) is 3.51. The number of rotatable bonds is 3. The summed E-state index contributed by atoms with van der Waals surface area (Å²) >= 11 is 0. The quantitative estimate of drug-likeness (QED) is 0.741. The number of imidazole rings is 1. The second-order valence-corrected chi connectivity index (χ2v) is 6.73. The van der Waals surface area contributed by atoms with Crippen LogP contribution in [-0.4, -0.2) is 52.6 Å². The van der Waals surface area contributed by atoms with Crippen LogP contribution in [0.3, 0.4) is 0 Å². The molecule has 1 aliphatic heterocycles. The molecule has 0 unspecified atom stereocenters. The van der Waals surface area contributed by atoms with Crippen LogP contribution in [0.1, 0.15) is 11.4 Å². The number of para-hydroxylation sites is 1. The molecule has 2 aromatic carbocycles. The number of hydrogen-bond donors (Lipinski definition) is 0. The van der Waals surface area contributed by atoms with E-state index in [1.807, 2.05) is 6.07 Å². The van der Waals surface area contributed by atoms with Crippen molar-refractivity contribution in [1.82, 2.24) is 19.4 Å². The largest absolute Gasteiger partial charge is 0.304 e. The third-order valence-corrected chi connectivity index (χ3v) is 4.90. The molecule has 1 aromatic heterocycles. The molecule has 2 heterocycles. The first kappa shape index (κ1) is 15.4. The molecule has 124 valence electrons. The molecule has 0 aliphatic carbocycles. The Morgan fingerprint density at radius 3 is 2.46 bits per heavy atom. The molecule has 0 spiro atoms. The van der Waals surface area contributed by atoms with Gasteiger partial charge in [-0.15, -0.1) is 0 Å². The van der Waals surface area contributed by atoms with E-state index in [0.29, 0.717) is 0 Å². The van der Waals surface area contributed by atoms with Gasteiger partial charge in [-0.2, -0.15) is 0 Å². The summed E-state index contributed by atoms with van der Waals surface area (Å²) in [5, 5.41) is 0. The van der Waals surface area contributed by atoms with E-state index in [9.17, 15) is 0 Å². The van der Waals surface area contributed by atoms with Crippen molar-refractivity contribution >= 4 is 11.0 Å².